The number of carbonyl (C=O) groups excluding carboxylic acids is 2. The smallest absolute Gasteiger partial charge is 0.323 e. The lowest BCUT2D eigenvalue weighted by atomic mass is 10.3. The first-order chi connectivity index (χ1) is 13.5. The van der Waals surface area contributed by atoms with E-state index in [4.69, 9.17) is 4.74 Å². The summed E-state index contributed by atoms with van der Waals surface area (Å²) in [6.07, 6.45) is 1.48. The van der Waals surface area contributed by atoms with Gasteiger partial charge in [0.1, 0.15) is 23.0 Å². The summed E-state index contributed by atoms with van der Waals surface area (Å²) in [6, 6.07) is 14.8. The van der Waals surface area contributed by atoms with Crippen molar-refractivity contribution < 1.29 is 18.7 Å². The maximum Gasteiger partial charge on any atom is 0.323 e. The summed E-state index contributed by atoms with van der Waals surface area (Å²) in [7, 11) is 1.52. The minimum atomic E-state index is -0.454. The van der Waals surface area contributed by atoms with Gasteiger partial charge < -0.3 is 20.7 Å². The Morgan fingerprint density at radius 2 is 1.50 bits per heavy atom. The van der Waals surface area contributed by atoms with Crippen LogP contribution in [0.15, 0.2) is 66.9 Å². The fourth-order valence-corrected chi connectivity index (χ4v) is 2.30. The number of hydrogen-bond acceptors (Lipinski definition) is 4. The van der Waals surface area contributed by atoms with Gasteiger partial charge in [0.15, 0.2) is 0 Å². The molecule has 0 saturated heterocycles. The third-order valence-electron chi connectivity index (χ3n) is 3.64. The van der Waals surface area contributed by atoms with Crippen LogP contribution >= 0.6 is 0 Å². The van der Waals surface area contributed by atoms with Crippen molar-refractivity contribution in [2.75, 3.05) is 17.7 Å². The van der Waals surface area contributed by atoms with Crippen molar-refractivity contribution in [1.82, 2.24) is 10.3 Å². The van der Waals surface area contributed by atoms with Crippen molar-refractivity contribution in [3.05, 3.63) is 78.4 Å². The number of aromatic nitrogens is 1. The Morgan fingerprint density at radius 3 is 2.11 bits per heavy atom. The van der Waals surface area contributed by atoms with Crippen molar-refractivity contribution in [3.8, 4) is 11.5 Å². The number of nitrogens with zero attached hydrogens (tertiary/aromatic N) is 1. The summed E-state index contributed by atoms with van der Waals surface area (Å²) >= 11 is 0. The first-order valence-electron chi connectivity index (χ1n) is 8.33. The Kier molecular flexibility index (Phi) is 5.81. The average Bonchev–Trinajstić information content (AvgIpc) is 2.71. The predicted octanol–water partition coefficient (Wildman–Crippen LogP) is 4.02. The molecule has 0 unspecified atom stereocenters. The van der Waals surface area contributed by atoms with E-state index in [1.807, 2.05) is 0 Å². The second-order valence-electron chi connectivity index (χ2n) is 5.67. The van der Waals surface area contributed by atoms with Gasteiger partial charge >= 0.3 is 6.03 Å². The minimum Gasteiger partial charge on any atom is -0.457 e. The molecule has 0 aliphatic rings. The van der Waals surface area contributed by atoms with Gasteiger partial charge in [0, 0.05) is 30.7 Å². The van der Waals surface area contributed by atoms with Gasteiger partial charge in [-0.1, -0.05) is 0 Å². The number of pyridine rings is 1. The molecule has 8 heteroatoms. The van der Waals surface area contributed by atoms with Crippen LogP contribution in [0.1, 0.15) is 10.5 Å². The molecule has 1 aromatic heterocycles. The lowest BCUT2D eigenvalue weighted by molar-refractivity contribution is 0.0958. The van der Waals surface area contributed by atoms with Crippen molar-refractivity contribution in [2.45, 2.75) is 0 Å². The highest BCUT2D eigenvalue weighted by molar-refractivity contribution is 5.99. The van der Waals surface area contributed by atoms with E-state index in [1.54, 1.807) is 30.3 Å². The molecule has 3 N–H and O–H groups in total. The van der Waals surface area contributed by atoms with Crippen LogP contribution in [0, 0.1) is 5.82 Å². The fourth-order valence-electron chi connectivity index (χ4n) is 2.30. The Hall–Kier alpha value is -3.94. The van der Waals surface area contributed by atoms with Crippen LogP contribution in [0.25, 0.3) is 0 Å². The average molecular weight is 380 g/mol. The first kappa shape index (κ1) is 18.8. The Morgan fingerprint density at radius 1 is 0.893 bits per heavy atom. The fraction of sp³-hybridized carbons (Fsp3) is 0.0500. The maximum atomic E-state index is 12.9. The number of benzene rings is 2. The van der Waals surface area contributed by atoms with Crippen LogP contribution in [0.3, 0.4) is 0 Å². The van der Waals surface area contributed by atoms with Crippen LogP contribution < -0.4 is 20.7 Å². The number of anilines is 2. The standard InChI is InChI=1S/C20H17FN4O3/c1-22-19(26)18-12-17(10-11-23-18)28-16-8-6-15(7-9-16)25-20(27)24-14-4-2-13(21)3-5-14/h2-12H,1H3,(H,22,26)(H2,24,25,27). The summed E-state index contributed by atoms with van der Waals surface area (Å²) in [4.78, 5) is 27.6. The Labute approximate surface area is 160 Å². The molecule has 142 valence electrons. The molecule has 28 heavy (non-hydrogen) atoms. The van der Waals surface area contributed by atoms with Crippen LogP contribution in [-0.4, -0.2) is 24.0 Å². The summed E-state index contributed by atoms with van der Waals surface area (Å²) in [5.74, 6) is 0.303. The van der Waals surface area contributed by atoms with Gasteiger partial charge in [-0.05, 0) is 54.6 Å². The van der Waals surface area contributed by atoms with Gasteiger partial charge in [-0.15, -0.1) is 0 Å². The van der Waals surface area contributed by atoms with Gasteiger partial charge in [-0.2, -0.15) is 0 Å². The molecule has 0 bridgehead atoms. The van der Waals surface area contributed by atoms with E-state index in [9.17, 15) is 14.0 Å². The normalized spacial score (nSPS) is 10.1. The van der Waals surface area contributed by atoms with Gasteiger partial charge in [-0.3, -0.25) is 9.78 Å². The molecule has 0 saturated carbocycles. The van der Waals surface area contributed by atoms with Crippen LogP contribution in [0.2, 0.25) is 0 Å². The van der Waals surface area contributed by atoms with Crippen LogP contribution in [-0.2, 0) is 0 Å². The minimum absolute atomic E-state index is 0.246. The summed E-state index contributed by atoms with van der Waals surface area (Å²) in [6.45, 7) is 0. The van der Waals surface area contributed by atoms with Crippen molar-refractivity contribution in [2.24, 2.45) is 0 Å². The highest BCUT2D eigenvalue weighted by Gasteiger charge is 2.07. The second-order valence-corrected chi connectivity index (χ2v) is 5.67. The molecule has 0 fully saturated rings. The zero-order valence-electron chi connectivity index (χ0n) is 14.9. The van der Waals surface area contributed by atoms with Gasteiger partial charge in [0.2, 0.25) is 0 Å². The Balaban J connectivity index is 1.59. The van der Waals surface area contributed by atoms with Gasteiger partial charge in [-0.25, -0.2) is 9.18 Å². The topological polar surface area (TPSA) is 92.4 Å². The molecule has 2 aromatic carbocycles. The number of carbonyl (C=O) groups is 2. The predicted molar refractivity (Wildman–Crippen MR) is 103 cm³/mol. The Bertz CT molecular complexity index is 976. The number of urea groups is 1. The zero-order valence-corrected chi connectivity index (χ0v) is 14.9. The SMILES string of the molecule is CNC(=O)c1cc(Oc2ccc(NC(=O)Nc3ccc(F)cc3)cc2)ccn1. The maximum absolute atomic E-state index is 12.9. The zero-order chi connectivity index (χ0) is 19.9. The largest absolute Gasteiger partial charge is 0.457 e. The van der Waals surface area contributed by atoms with E-state index in [-0.39, 0.29) is 17.4 Å². The number of halogens is 1. The van der Waals surface area contributed by atoms with E-state index >= 15 is 0 Å². The lowest BCUT2D eigenvalue weighted by Crippen LogP contribution is -2.19. The number of nitrogens with one attached hydrogen (secondary N) is 3. The summed E-state index contributed by atoms with van der Waals surface area (Å²) in [5, 5.41) is 7.76. The molecule has 0 atom stereocenters. The van der Waals surface area contributed by atoms with E-state index < -0.39 is 6.03 Å². The van der Waals surface area contributed by atoms with E-state index in [0.29, 0.717) is 22.9 Å². The van der Waals surface area contributed by atoms with Gasteiger partial charge in [0.05, 0.1) is 0 Å². The third-order valence-corrected chi connectivity index (χ3v) is 3.64. The van der Waals surface area contributed by atoms with E-state index in [2.05, 4.69) is 20.9 Å². The third kappa shape index (κ3) is 5.04. The number of ether oxygens (including phenoxy) is 1. The molecule has 0 radical (unpaired) electrons. The number of rotatable bonds is 5. The molecule has 1 heterocycles. The molecular formula is C20H17FN4O3. The molecule has 0 spiro atoms. The van der Waals surface area contributed by atoms with E-state index in [0.717, 1.165) is 0 Å². The van der Waals surface area contributed by atoms with Crippen molar-refractivity contribution in [1.29, 1.82) is 0 Å². The molecule has 3 aromatic rings. The molecule has 7 nitrogen and oxygen atoms in total. The second kappa shape index (κ2) is 8.63. The monoisotopic (exact) mass is 380 g/mol. The van der Waals surface area contributed by atoms with Crippen molar-refractivity contribution >= 4 is 23.3 Å². The van der Waals surface area contributed by atoms with Gasteiger partial charge in [0.25, 0.3) is 5.91 Å². The molecule has 3 amide bonds. The molecular weight excluding hydrogens is 363 g/mol. The summed E-state index contributed by atoms with van der Waals surface area (Å²) in [5.41, 5.74) is 1.27. The lowest BCUT2D eigenvalue weighted by Gasteiger charge is -2.10. The molecule has 0 aliphatic heterocycles. The molecule has 0 aliphatic carbocycles. The highest BCUT2D eigenvalue weighted by Crippen LogP contribution is 2.23. The summed E-state index contributed by atoms with van der Waals surface area (Å²) < 4.78 is 18.6. The van der Waals surface area contributed by atoms with Crippen molar-refractivity contribution in [3.63, 3.8) is 0 Å². The number of hydrogen-bond donors (Lipinski definition) is 3. The van der Waals surface area contributed by atoms with Crippen LogP contribution in [0.4, 0.5) is 20.6 Å². The first-order valence-corrected chi connectivity index (χ1v) is 8.33. The highest BCUT2D eigenvalue weighted by atomic mass is 19.1. The van der Waals surface area contributed by atoms with E-state index in [1.165, 1.54) is 43.6 Å². The number of amides is 3. The quantitative estimate of drug-likeness (QED) is 0.623. The van der Waals surface area contributed by atoms with Crippen LogP contribution in [0.5, 0.6) is 11.5 Å². The molecule has 3 rings (SSSR count).